The van der Waals surface area contributed by atoms with E-state index in [-0.39, 0.29) is 11.4 Å². The summed E-state index contributed by atoms with van der Waals surface area (Å²) in [6.45, 7) is 0.671. The van der Waals surface area contributed by atoms with Crippen LogP contribution in [0.2, 0.25) is 0 Å². The van der Waals surface area contributed by atoms with Gasteiger partial charge in [-0.25, -0.2) is 8.78 Å². The van der Waals surface area contributed by atoms with Gasteiger partial charge < -0.3 is 11.1 Å². The van der Waals surface area contributed by atoms with E-state index in [2.05, 4.69) is 5.32 Å². The quantitative estimate of drug-likeness (QED) is 0.793. The summed E-state index contributed by atoms with van der Waals surface area (Å²) >= 11 is 0. The molecule has 17 heavy (non-hydrogen) atoms. The van der Waals surface area contributed by atoms with Gasteiger partial charge in [0.2, 0.25) is 0 Å². The minimum absolute atomic E-state index is 0.107. The van der Waals surface area contributed by atoms with Crippen LogP contribution in [0.25, 0.3) is 0 Å². The lowest BCUT2D eigenvalue weighted by Gasteiger charge is -2.22. The number of anilines is 2. The molecule has 1 aliphatic rings. The molecule has 1 saturated carbocycles. The molecule has 0 atom stereocenters. The summed E-state index contributed by atoms with van der Waals surface area (Å²) in [6.07, 6.45) is 6.06. The van der Waals surface area contributed by atoms with Gasteiger partial charge in [-0.2, -0.15) is 0 Å². The highest BCUT2D eigenvalue weighted by molar-refractivity contribution is 5.66. The first-order valence-electron chi connectivity index (χ1n) is 6.16. The van der Waals surface area contributed by atoms with Gasteiger partial charge in [0, 0.05) is 6.54 Å². The minimum Gasteiger partial charge on any atom is -0.397 e. The highest BCUT2D eigenvalue weighted by Gasteiger charge is 2.16. The van der Waals surface area contributed by atoms with Crippen molar-refractivity contribution in [3.8, 4) is 0 Å². The van der Waals surface area contributed by atoms with Gasteiger partial charge in [-0.05, 0) is 30.9 Å². The molecule has 1 aliphatic carbocycles. The molecule has 0 amide bonds. The number of rotatable bonds is 3. The molecule has 1 aromatic rings. The first-order valence-corrected chi connectivity index (χ1v) is 6.16. The van der Waals surface area contributed by atoms with Crippen LogP contribution >= 0.6 is 0 Å². The van der Waals surface area contributed by atoms with Gasteiger partial charge in [0.15, 0.2) is 11.6 Å². The van der Waals surface area contributed by atoms with Gasteiger partial charge in [0.05, 0.1) is 11.4 Å². The van der Waals surface area contributed by atoms with E-state index in [9.17, 15) is 8.78 Å². The zero-order valence-corrected chi connectivity index (χ0v) is 9.81. The largest absolute Gasteiger partial charge is 0.397 e. The molecule has 4 heteroatoms. The Bertz CT molecular complexity index is 387. The molecule has 2 rings (SSSR count). The Balaban J connectivity index is 2.00. The van der Waals surface area contributed by atoms with Crippen molar-refractivity contribution < 1.29 is 8.78 Å². The van der Waals surface area contributed by atoms with E-state index in [1.54, 1.807) is 0 Å². The van der Waals surface area contributed by atoms with Crippen LogP contribution in [-0.2, 0) is 0 Å². The van der Waals surface area contributed by atoms with Gasteiger partial charge in [0.25, 0.3) is 0 Å². The summed E-state index contributed by atoms with van der Waals surface area (Å²) in [5.41, 5.74) is 6.01. The molecule has 0 unspecified atom stereocenters. The SMILES string of the molecule is Nc1ccc(F)c(F)c1NCC1CCCCC1. The highest BCUT2D eigenvalue weighted by atomic mass is 19.2. The molecule has 0 aromatic heterocycles. The molecule has 3 N–H and O–H groups in total. The summed E-state index contributed by atoms with van der Waals surface area (Å²) in [5.74, 6) is -1.18. The second-order valence-electron chi connectivity index (χ2n) is 4.71. The zero-order valence-electron chi connectivity index (χ0n) is 9.81. The maximum Gasteiger partial charge on any atom is 0.183 e. The van der Waals surface area contributed by atoms with Crippen LogP contribution in [-0.4, -0.2) is 6.54 Å². The highest BCUT2D eigenvalue weighted by Crippen LogP contribution is 2.27. The van der Waals surface area contributed by atoms with Crippen molar-refractivity contribution in [1.29, 1.82) is 0 Å². The molecule has 0 radical (unpaired) electrons. The summed E-state index contributed by atoms with van der Waals surface area (Å²) < 4.78 is 26.6. The first kappa shape index (κ1) is 12.1. The molecular weight excluding hydrogens is 222 g/mol. The Morgan fingerprint density at radius 1 is 1.18 bits per heavy atom. The summed E-state index contributed by atoms with van der Waals surface area (Å²) in [6, 6.07) is 2.44. The fourth-order valence-corrected chi connectivity index (χ4v) is 2.38. The van der Waals surface area contributed by atoms with Gasteiger partial charge in [-0.15, -0.1) is 0 Å². The van der Waals surface area contributed by atoms with Gasteiger partial charge in [-0.1, -0.05) is 19.3 Å². The fraction of sp³-hybridized carbons (Fsp3) is 0.538. The zero-order chi connectivity index (χ0) is 12.3. The Labute approximate surface area is 100 Å². The molecule has 94 valence electrons. The van der Waals surface area contributed by atoms with Crippen LogP contribution in [0, 0.1) is 17.6 Å². The molecule has 0 bridgehead atoms. The van der Waals surface area contributed by atoms with Crippen LogP contribution in [0.3, 0.4) is 0 Å². The Hall–Kier alpha value is -1.32. The number of nitrogens with one attached hydrogen (secondary N) is 1. The second-order valence-corrected chi connectivity index (χ2v) is 4.71. The van der Waals surface area contributed by atoms with Crippen molar-refractivity contribution in [2.24, 2.45) is 5.92 Å². The van der Waals surface area contributed by atoms with Crippen molar-refractivity contribution in [3.05, 3.63) is 23.8 Å². The summed E-state index contributed by atoms with van der Waals surface area (Å²) in [5, 5.41) is 2.95. The maximum absolute atomic E-state index is 13.5. The van der Waals surface area contributed by atoms with Gasteiger partial charge >= 0.3 is 0 Å². The second kappa shape index (κ2) is 5.34. The molecule has 1 aromatic carbocycles. The van der Waals surface area contributed by atoms with Crippen LogP contribution in [0.15, 0.2) is 12.1 Å². The summed E-state index contributed by atoms with van der Waals surface area (Å²) in [4.78, 5) is 0. The van der Waals surface area contributed by atoms with Gasteiger partial charge in [0.1, 0.15) is 0 Å². The lowest BCUT2D eigenvalue weighted by atomic mass is 9.89. The van der Waals surface area contributed by atoms with E-state index < -0.39 is 11.6 Å². The van der Waals surface area contributed by atoms with Crippen LogP contribution in [0.1, 0.15) is 32.1 Å². The topological polar surface area (TPSA) is 38.0 Å². The van der Waals surface area contributed by atoms with E-state index in [4.69, 9.17) is 5.73 Å². The van der Waals surface area contributed by atoms with E-state index in [1.807, 2.05) is 0 Å². The predicted octanol–water partition coefficient (Wildman–Crippen LogP) is 3.54. The Morgan fingerprint density at radius 2 is 1.88 bits per heavy atom. The fourth-order valence-electron chi connectivity index (χ4n) is 2.38. The third-order valence-electron chi connectivity index (χ3n) is 3.42. The van der Waals surface area contributed by atoms with E-state index in [0.29, 0.717) is 12.5 Å². The predicted molar refractivity (Wildman–Crippen MR) is 65.8 cm³/mol. The molecule has 0 saturated heterocycles. The smallest absolute Gasteiger partial charge is 0.183 e. The van der Waals surface area contributed by atoms with E-state index in [0.717, 1.165) is 18.9 Å². The maximum atomic E-state index is 13.5. The van der Waals surface area contributed by atoms with Gasteiger partial charge in [-0.3, -0.25) is 0 Å². The third kappa shape index (κ3) is 2.87. The van der Waals surface area contributed by atoms with E-state index >= 15 is 0 Å². The third-order valence-corrected chi connectivity index (χ3v) is 3.42. The van der Waals surface area contributed by atoms with Crippen LogP contribution in [0.5, 0.6) is 0 Å². The standard InChI is InChI=1S/C13H18F2N2/c14-10-6-7-11(16)13(12(10)15)17-8-9-4-2-1-3-5-9/h6-7,9,17H,1-5,8,16H2. The number of hydrogen-bond acceptors (Lipinski definition) is 2. The monoisotopic (exact) mass is 240 g/mol. The van der Waals surface area contributed by atoms with Crippen molar-refractivity contribution in [2.45, 2.75) is 32.1 Å². The molecule has 1 fully saturated rings. The molecule has 0 spiro atoms. The van der Waals surface area contributed by atoms with Crippen molar-refractivity contribution >= 4 is 11.4 Å². The number of halogens is 2. The molecule has 0 aliphatic heterocycles. The number of hydrogen-bond donors (Lipinski definition) is 2. The van der Waals surface area contributed by atoms with Crippen LogP contribution < -0.4 is 11.1 Å². The van der Waals surface area contributed by atoms with Crippen molar-refractivity contribution in [1.82, 2.24) is 0 Å². The lowest BCUT2D eigenvalue weighted by Crippen LogP contribution is -2.18. The molecule has 0 heterocycles. The van der Waals surface area contributed by atoms with E-state index in [1.165, 1.54) is 25.3 Å². The Kier molecular flexibility index (Phi) is 3.82. The van der Waals surface area contributed by atoms with Crippen molar-refractivity contribution in [3.63, 3.8) is 0 Å². The molecular formula is C13H18F2N2. The minimum atomic E-state index is -0.874. The Morgan fingerprint density at radius 3 is 2.59 bits per heavy atom. The normalized spacial score (nSPS) is 17.1. The summed E-state index contributed by atoms with van der Waals surface area (Å²) in [7, 11) is 0. The average molecular weight is 240 g/mol. The van der Waals surface area contributed by atoms with Crippen LogP contribution in [0.4, 0.5) is 20.2 Å². The number of nitrogen functional groups attached to an aromatic ring is 1. The lowest BCUT2D eigenvalue weighted by molar-refractivity contribution is 0.373. The first-order chi connectivity index (χ1) is 8.18. The molecule has 2 nitrogen and oxygen atoms in total. The number of benzene rings is 1. The average Bonchev–Trinajstić information content (AvgIpc) is 2.35. The van der Waals surface area contributed by atoms with Crippen molar-refractivity contribution in [2.75, 3.05) is 17.6 Å². The number of nitrogens with two attached hydrogens (primary N) is 1.